The number of nitrogens with one attached hydrogen (secondary N) is 1. The fourth-order valence-electron chi connectivity index (χ4n) is 3.95. The molecule has 0 bridgehead atoms. The van der Waals surface area contributed by atoms with E-state index in [4.69, 9.17) is 0 Å². The van der Waals surface area contributed by atoms with Crippen LogP contribution in [0.1, 0.15) is 38.2 Å². The quantitative estimate of drug-likeness (QED) is 0.730. The third-order valence-electron chi connectivity index (χ3n) is 5.78. The van der Waals surface area contributed by atoms with Gasteiger partial charge in [0.25, 0.3) is 5.56 Å². The Morgan fingerprint density at radius 2 is 1.93 bits per heavy atom. The van der Waals surface area contributed by atoms with Crippen LogP contribution >= 0.6 is 0 Å². The second kappa shape index (κ2) is 7.02. The zero-order valence-corrected chi connectivity index (χ0v) is 16.6. The maximum Gasteiger partial charge on any atom is 0.259 e. The van der Waals surface area contributed by atoms with Crippen LogP contribution < -0.4 is 10.9 Å². The zero-order chi connectivity index (χ0) is 19.9. The summed E-state index contributed by atoms with van der Waals surface area (Å²) >= 11 is 0. The summed E-state index contributed by atoms with van der Waals surface area (Å²) in [5.74, 6) is 0.526. The molecule has 1 aromatic carbocycles. The number of nitrogens with zero attached hydrogens (tertiary/aromatic N) is 3. The lowest BCUT2D eigenvalue weighted by Gasteiger charge is -2.33. The molecule has 28 heavy (non-hydrogen) atoms. The molecule has 1 aliphatic rings. The molecular formula is C22H26N4O2. The second-order valence-corrected chi connectivity index (χ2v) is 8.13. The number of rotatable bonds is 3. The van der Waals surface area contributed by atoms with Crippen molar-refractivity contribution in [2.24, 2.45) is 7.05 Å². The predicted molar refractivity (Wildman–Crippen MR) is 111 cm³/mol. The van der Waals surface area contributed by atoms with Crippen molar-refractivity contribution < 1.29 is 5.11 Å². The van der Waals surface area contributed by atoms with Gasteiger partial charge in [0, 0.05) is 30.2 Å². The maximum absolute atomic E-state index is 13.0. The normalized spacial score (nSPS) is 22.4. The van der Waals surface area contributed by atoms with Gasteiger partial charge in [-0.25, -0.2) is 4.98 Å². The molecule has 1 fully saturated rings. The third-order valence-corrected chi connectivity index (χ3v) is 5.78. The minimum Gasteiger partial charge on any atom is -0.390 e. The Morgan fingerprint density at radius 1 is 1.21 bits per heavy atom. The van der Waals surface area contributed by atoms with Crippen LogP contribution in [0, 0.1) is 6.92 Å². The van der Waals surface area contributed by atoms with Gasteiger partial charge in [-0.1, -0.05) is 24.3 Å². The highest BCUT2D eigenvalue weighted by atomic mass is 16.3. The van der Waals surface area contributed by atoms with Gasteiger partial charge in [0.05, 0.1) is 5.60 Å². The summed E-state index contributed by atoms with van der Waals surface area (Å²) in [5, 5.41) is 14.3. The average Bonchev–Trinajstić information content (AvgIpc) is 2.67. The van der Waals surface area contributed by atoms with Crippen LogP contribution in [-0.4, -0.2) is 31.3 Å². The van der Waals surface area contributed by atoms with Crippen LogP contribution in [0.25, 0.3) is 22.2 Å². The second-order valence-electron chi connectivity index (χ2n) is 8.13. The minimum atomic E-state index is -0.571. The van der Waals surface area contributed by atoms with E-state index >= 15 is 0 Å². The molecule has 0 radical (unpaired) electrons. The van der Waals surface area contributed by atoms with E-state index in [0.29, 0.717) is 17.2 Å². The molecule has 0 atom stereocenters. The number of aromatic nitrogens is 3. The fraction of sp³-hybridized carbons (Fsp3) is 0.409. The molecule has 0 amide bonds. The van der Waals surface area contributed by atoms with Gasteiger partial charge in [0.15, 0.2) is 0 Å². The first-order valence-electron chi connectivity index (χ1n) is 9.76. The van der Waals surface area contributed by atoms with Gasteiger partial charge >= 0.3 is 0 Å². The van der Waals surface area contributed by atoms with Gasteiger partial charge in [-0.3, -0.25) is 9.36 Å². The van der Waals surface area contributed by atoms with Crippen LogP contribution in [0.4, 0.5) is 5.95 Å². The van der Waals surface area contributed by atoms with Gasteiger partial charge in [-0.2, -0.15) is 4.98 Å². The Bertz CT molecular complexity index is 1080. The van der Waals surface area contributed by atoms with Crippen molar-refractivity contribution in [2.45, 2.75) is 51.2 Å². The molecular weight excluding hydrogens is 352 g/mol. The number of fused-ring (bicyclic) bond motifs is 1. The SMILES string of the molecule is Cc1ccccc1-c1cc2cnc(NC3CCC(C)(O)CC3)nc2n(C)c1=O. The first-order valence-corrected chi connectivity index (χ1v) is 9.76. The predicted octanol–water partition coefficient (Wildman–Crippen LogP) is 3.41. The summed E-state index contributed by atoms with van der Waals surface area (Å²) < 4.78 is 1.59. The number of benzene rings is 1. The van der Waals surface area contributed by atoms with E-state index in [9.17, 15) is 9.90 Å². The van der Waals surface area contributed by atoms with Gasteiger partial charge in [0.2, 0.25) is 5.95 Å². The lowest BCUT2D eigenvalue weighted by atomic mass is 9.84. The van der Waals surface area contributed by atoms with E-state index in [-0.39, 0.29) is 11.6 Å². The van der Waals surface area contributed by atoms with E-state index in [1.165, 1.54) is 0 Å². The van der Waals surface area contributed by atoms with Crippen molar-refractivity contribution in [2.75, 3.05) is 5.32 Å². The van der Waals surface area contributed by atoms with E-state index in [2.05, 4.69) is 15.3 Å². The fourth-order valence-corrected chi connectivity index (χ4v) is 3.95. The number of hydrogen-bond acceptors (Lipinski definition) is 5. The summed E-state index contributed by atoms with van der Waals surface area (Å²) in [4.78, 5) is 22.0. The Balaban J connectivity index is 1.68. The molecule has 3 aromatic rings. The third kappa shape index (κ3) is 3.52. The molecule has 2 aromatic heterocycles. The number of aryl methyl sites for hydroxylation is 2. The Labute approximate surface area is 164 Å². The van der Waals surface area contributed by atoms with E-state index in [1.54, 1.807) is 17.8 Å². The number of aliphatic hydroxyl groups is 1. The minimum absolute atomic E-state index is 0.0693. The van der Waals surface area contributed by atoms with Crippen LogP contribution in [0.15, 0.2) is 41.3 Å². The number of anilines is 1. The van der Waals surface area contributed by atoms with Crippen molar-refractivity contribution in [1.29, 1.82) is 0 Å². The zero-order valence-electron chi connectivity index (χ0n) is 16.6. The Morgan fingerprint density at radius 3 is 2.64 bits per heavy atom. The van der Waals surface area contributed by atoms with Gasteiger partial charge in [0.1, 0.15) is 5.65 Å². The van der Waals surface area contributed by atoms with Crippen molar-refractivity contribution in [1.82, 2.24) is 14.5 Å². The van der Waals surface area contributed by atoms with Gasteiger partial charge in [-0.15, -0.1) is 0 Å². The highest BCUT2D eigenvalue weighted by molar-refractivity contribution is 5.82. The molecule has 2 heterocycles. The molecule has 1 saturated carbocycles. The molecule has 0 aliphatic heterocycles. The Kier molecular flexibility index (Phi) is 4.67. The molecule has 6 nitrogen and oxygen atoms in total. The largest absolute Gasteiger partial charge is 0.390 e. The van der Waals surface area contributed by atoms with Crippen LogP contribution in [0.5, 0.6) is 0 Å². The van der Waals surface area contributed by atoms with Crippen molar-refractivity contribution in [3.8, 4) is 11.1 Å². The van der Waals surface area contributed by atoms with Crippen molar-refractivity contribution >= 4 is 17.0 Å². The molecule has 0 unspecified atom stereocenters. The summed E-state index contributed by atoms with van der Waals surface area (Å²) in [6.07, 6.45) is 5.04. The molecule has 4 rings (SSSR count). The van der Waals surface area contributed by atoms with E-state index in [1.807, 2.05) is 44.2 Å². The Hall–Kier alpha value is -2.73. The first kappa shape index (κ1) is 18.6. The number of hydrogen-bond donors (Lipinski definition) is 2. The van der Waals surface area contributed by atoms with Crippen LogP contribution in [0.2, 0.25) is 0 Å². The number of pyridine rings is 1. The lowest BCUT2D eigenvalue weighted by molar-refractivity contribution is 0.0196. The van der Waals surface area contributed by atoms with Gasteiger partial charge in [-0.05, 0) is 56.7 Å². The molecule has 1 aliphatic carbocycles. The molecule has 0 saturated heterocycles. The summed E-state index contributed by atoms with van der Waals surface area (Å²) in [6.45, 7) is 3.89. The lowest BCUT2D eigenvalue weighted by Crippen LogP contribution is -2.36. The average molecular weight is 378 g/mol. The van der Waals surface area contributed by atoms with Crippen molar-refractivity contribution in [3.63, 3.8) is 0 Å². The van der Waals surface area contributed by atoms with Crippen LogP contribution in [0.3, 0.4) is 0 Å². The van der Waals surface area contributed by atoms with Crippen LogP contribution in [-0.2, 0) is 7.05 Å². The topological polar surface area (TPSA) is 80.0 Å². The molecule has 146 valence electrons. The smallest absolute Gasteiger partial charge is 0.259 e. The van der Waals surface area contributed by atoms with E-state index < -0.39 is 5.60 Å². The summed E-state index contributed by atoms with van der Waals surface area (Å²) in [6, 6.07) is 9.99. The standard InChI is InChI=1S/C22H26N4O2/c1-14-6-4-5-7-17(14)18-12-15-13-23-21(25-19(15)26(3)20(18)27)24-16-8-10-22(2,28)11-9-16/h4-7,12-13,16,28H,8-11H2,1-3H3,(H,23,24,25). The highest BCUT2D eigenvalue weighted by Gasteiger charge is 2.28. The first-order chi connectivity index (χ1) is 13.3. The van der Waals surface area contributed by atoms with Gasteiger partial charge < -0.3 is 10.4 Å². The molecule has 0 spiro atoms. The maximum atomic E-state index is 13.0. The van der Waals surface area contributed by atoms with E-state index in [0.717, 1.165) is 42.2 Å². The summed E-state index contributed by atoms with van der Waals surface area (Å²) in [5.41, 5.74) is 2.63. The highest BCUT2D eigenvalue weighted by Crippen LogP contribution is 2.29. The molecule has 6 heteroatoms. The van der Waals surface area contributed by atoms with Crippen molar-refractivity contribution in [3.05, 3.63) is 52.4 Å². The summed E-state index contributed by atoms with van der Waals surface area (Å²) in [7, 11) is 1.75. The molecule has 2 N–H and O–H groups in total. The monoisotopic (exact) mass is 378 g/mol.